The van der Waals surface area contributed by atoms with Crippen molar-refractivity contribution in [3.63, 3.8) is 0 Å². The van der Waals surface area contributed by atoms with E-state index in [1.165, 1.54) is 58.7 Å². The van der Waals surface area contributed by atoms with Crippen molar-refractivity contribution in [2.45, 2.75) is 30.3 Å². The zero-order valence-electron chi connectivity index (χ0n) is 16.0. The van der Waals surface area contributed by atoms with Crippen LogP contribution in [0.25, 0.3) is 10.2 Å². The summed E-state index contributed by atoms with van der Waals surface area (Å²) in [7, 11) is 0. The topological polar surface area (TPSA) is 92.8 Å². The average molecular weight is 486 g/mol. The maximum absolute atomic E-state index is 12.3. The molecule has 1 aromatic carbocycles. The molecule has 0 amide bonds. The van der Waals surface area contributed by atoms with Crippen LogP contribution in [-0.4, -0.2) is 26.5 Å². The minimum atomic E-state index is -4.73. The molecule has 3 aromatic heterocycles. The molecule has 0 fully saturated rings. The number of nitrogens with zero attached hydrogens (tertiary/aromatic N) is 3. The molecule has 13 heteroatoms. The van der Waals surface area contributed by atoms with E-state index >= 15 is 0 Å². The van der Waals surface area contributed by atoms with Crippen molar-refractivity contribution in [2.75, 3.05) is 5.32 Å². The van der Waals surface area contributed by atoms with Crippen LogP contribution in [0.5, 0.6) is 5.75 Å². The third kappa shape index (κ3) is 5.17. The van der Waals surface area contributed by atoms with Gasteiger partial charge in [-0.1, -0.05) is 23.1 Å². The molecule has 4 aromatic rings. The number of ether oxygens (including phenoxy) is 1. The highest BCUT2D eigenvalue weighted by molar-refractivity contribution is 8.00. The molecule has 0 radical (unpaired) electrons. The Morgan fingerprint density at radius 3 is 2.61 bits per heavy atom. The van der Waals surface area contributed by atoms with Gasteiger partial charge in [0, 0.05) is 10.6 Å². The van der Waals surface area contributed by atoms with Gasteiger partial charge in [0.25, 0.3) is 5.56 Å². The van der Waals surface area contributed by atoms with Gasteiger partial charge in [0.15, 0.2) is 4.34 Å². The fraction of sp³-hybridized carbons (Fsp3) is 0.222. The highest BCUT2D eigenvalue weighted by atomic mass is 32.2. The van der Waals surface area contributed by atoms with E-state index in [1.807, 2.05) is 13.8 Å². The van der Waals surface area contributed by atoms with Gasteiger partial charge >= 0.3 is 6.36 Å². The van der Waals surface area contributed by atoms with Crippen molar-refractivity contribution in [2.24, 2.45) is 0 Å². The molecule has 3 heterocycles. The normalized spacial score (nSPS) is 11.8. The predicted molar refractivity (Wildman–Crippen MR) is 116 cm³/mol. The Morgan fingerprint density at radius 1 is 1.16 bits per heavy atom. The van der Waals surface area contributed by atoms with Crippen molar-refractivity contribution < 1.29 is 17.9 Å². The summed E-state index contributed by atoms with van der Waals surface area (Å²) in [4.78, 5) is 21.5. The Bertz CT molecular complexity index is 1280. The number of thioether (sulfide) groups is 1. The number of H-pyrrole nitrogens is 1. The van der Waals surface area contributed by atoms with E-state index in [0.717, 1.165) is 10.4 Å². The second-order valence-electron chi connectivity index (χ2n) is 6.33. The van der Waals surface area contributed by atoms with Crippen LogP contribution in [0.15, 0.2) is 33.4 Å². The summed E-state index contributed by atoms with van der Waals surface area (Å²) in [5.74, 6) is 0.661. The molecule has 0 saturated heterocycles. The molecular weight excluding hydrogens is 471 g/mol. The van der Waals surface area contributed by atoms with E-state index in [9.17, 15) is 18.0 Å². The number of thiophene rings is 1. The summed E-state index contributed by atoms with van der Waals surface area (Å²) >= 11 is 4.14. The number of aromatic nitrogens is 4. The first-order chi connectivity index (χ1) is 14.7. The van der Waals surface area contributed by atoms with Crippen molar-refractivity contribution in [1.29, 1.82) is 0 Å². The predicted octanol–water partition coefficient (Wildman–Crippen LogP) is 5.39. The monoisotopic (exact) mass is 485 g/mol. The Kier molecular flexibility index (Phi) is 5.90. The van der Waals surface area contributed by atoms with Gasteiger partial charge in [0.2, 0.25) is 5.13 Å². The van der Waals surface area contributed by atoms with Gasteiger partial charge in [-0.2, -0.15) is 0 Å². The molecule has 7 nitrogen and oxygen atoms in total. The summed E-state index contributed by atoms with van der Waals surface area (Å²) in [5, 5.41) is 12.2. The van der Waals surface area contributed by atoms with Crippen LogP contribution in [0.2, 0.25) is 0 Å². The second kappa shape index (κ2) is 8.48. The SMILES string of the molecule is Cc1sc2nc(CSc3nnc(Nc4ccc(OC(F)(F)F)cc4)s3)[nH]c(=O)c2c1C. The molecule has 0 bridgehead atoms. The smallest absolute Gasteiger partial charge is 0.406 e. The van der Waals surface area contributed by atoms with E-state index in [0.29, 0.717) is 37.0 Å². The van der Waals surface area contributed by atoms with Crippen molar-refractivity contribution >= 4 is 55.5 Å². The number of anilines is 2. The van der Waals surface area contributed by atoms with Crippen molar-refractivity contribution in [3.05, 3.63) is 50.9 Å². The summed E-state index contributed by atoms with van der Waals surface area (Å²) < 4.78 is 41.2. The van der Waals surface area contributed by atoms with Crippen LogP contribution in [-0.2, 0) is 5.75 Å². The number of rotatable bonds is 6. The maximum atomic E-state index is 12.3. The Morgan fingerprint density at radius 2 is 1.90 bits per heavy atom. The van der Waals surface area contributed by atoms with Crippen LogP contribution in [0.4, 0.5) is 24.0 Å². The summed E-state index contributed by atoms with van der Waals surface area (Å²) in [6, 6.07) is 5.31. The van der Waals surface area contributed by atoms with Crippen LogP contribution >= 0.6 is 34.4 Å². The third-order valence-corrected chi connectivity index (χ3v) is 7.25. The number of aromatic amines is 1. The molecule has 31 heavy (non-hydrogen) atoms. The zero-order valence-corrected chi connectivity index (χ0v) is 18.5. The Labute approximate surface area is 185 Å². The van der Waals surface area contributed by atoms with E-state index < -0.39 is 6.36 Å². The van der Waals surface area contributed by atoms with Gasteiger partial charge in [-0.3, -0.25) is 4.79 Å². The van der Waals surface area contributed by atoms with Gasteiger partial charge in [-0.15, -0.1) is 34.7 Å². The lowest BCUT2D eigenvalue weighted by Gasteiger charge is -2.09. The van der Waals surface area contributed by atoms with Crippen molar-refractivity contribution in [1.82, 2.24) is 20.2 Å². The van der Waals surface area contributed by atoms with Crippen LogP contribution in [0, 0.1) is 13.8 Å². The molecule has 2 N–H and O–H groups in total. The van der Waals surface area contributed by atoms with Gasteiger partial charge < -0.3 is 15.0 Å². The molecular formula is C18H14F3N5O2S3. The van der Waals surface area contributed by atoms with Gasteiger partial charge in [0.05, 0.1) is 11.1 Å². The number of alkyl halides is 3. The van der Waals surface area contributed by atoms with E-state index in [4.69, 9.17) is 0 Å². The number of aryl methyl sites for hydroxylation is 2. The fourth-order valence-electron chi connectivity index (χ4n) is 2.68. The Hall–Kier alpha value is -2.64. The summed E-state index contributed by atoms with van der Waals surface area (Å²) in [6.45, 7) is 3.87. The number of halogens is 3. The molecule has 4 rings (SSSR count). The standard InChI is InChI=1S/C18H14F3N5O2S3/c1-8-9(2)30-15-13(8)14(27)23-12(24-15)7-29-17-26-25-16(31-17)22-10-3-5-11(6-4-10)28-18(19,20)21/h3-6H,7H2,1-2H3,(H,22,25)(H,23,24,27). The second-order valence-corrected chi connectivity index (χ2v) is 9.74. The number of fused-ring (bicyclic) bond motifs is 1. The van der Waals surface area contributed by atoms with Gasteiger partial charge in [-0.05, 0) is 43.7 Å². The van der Waals surface area contributed by atoms with E-state index in [2.05, 4.69) is 30.2 Å². The molecule has 0 aliphatic carbocycles. The fourth-order valence-corrected chi connectivity index (χ4v) is 5.37. The minimum absolute atomic E-state index is 0.153. The van der Waals surface area contributed by atoms with E-state index in [1.54, 1.807) is 0 Å². The molecule has 162 valence electrons. The van der Waals surface area contributed by atoms with E-state index in [-0.39, 0.29) is 11.3 Å². The largest absolute Gasteiger partial charge is 0.573 e. The lowest BCUT2D eigenvalue weighted by atomic mass is 10.2. The maximum Gasteiger partial charge on any atom is 0.573 e. The first-order valence-electron chi connectivity index (χ1n) is 8.76. The van der Waals surface area contributed by atoms with Crippen LogP contribution < -0.4 is 15.6 Å². The molecule has 0 unspecified atom stereocenters. The molecule has 0 aliphatic rings. The summed E-state index contributed by atoms with van der Waals surface area (Å²) in [6.07, 6.45) is -4.73. The Balaban J connectivity index is 1.39. The first-order valence-corrected chi connectivity index (χ1v) is 11.4. The highest BCUT2D eigenvalue weighted by Crippen LogP contribution is 2.31. The molecule has 0 atom stereocenters. The van der Waals surface area contributed by atoms with Gasteiger partial charge in [-0.25, -0.2) is 4.98 Å². The van der Waals surface area contributed by atoms with Crippen LogP contribution in [0.1, 0.15) is 16.3 Å². The lowest BCUT2D eigenvalue weighted by Crippen LogP contribution is -2.16. The number of hydrogen-bond acceptors (Lipinski definition) is 9. The number of nitrogens with one attached hydrogen (secondary N) is 2. The number of benzene rings is 1. The molecule has 0 aliphatic heterocycles. The summed E-state index contributed by atoms with van der Waals surface area (Å²) in [5.41, 5.74) is 1.34. The van der Waals surface area contributed by atoms with Crippen LogP contribution in [0.3, 0.4) is 0 Å². The van der Waals surface area contributed by atoms with Crippen molar-refractivity contribution in [3.8, 4) is 5.75 Å². The average Bonchev–Trinajstić information content (AvgIpc) is 3.25. The third-order valence-electron chi connectivity index (χ3n) is 4.17. The minimum Gasteiger partial charge on any atom is -0.406 e. The first kappa shape index (κ1) is 21.6. The zero-order chi connectivity index (χ0) is 22.2. The highest BCUT2D eigenvalue weighted by Gasteiger charge is 2.30. The molecule has 0 saturated carbocycles. The lowest BCUT2D eigenvalue weighted by molar-refractivity contribution is -0.274. The molecule has 0 spiro atoms. The quantitative estimate of drug-likeness (QED) is 0.354. The number of hydrogen-bond donors (Lipinski definition) is 2. The van der Waals surface area contributed by atoms with Gasteiger partial charge in [0.1, 0.15) is 16.4 Å².